The van der Waals surface area contributed by atoms with E-state index < -0.39 is 0 Å². The quantitative estimate of drug-likeness (QED) is 0.177. The standard InChI is InChI=1S/2C19H20N2O2.Ca/c2*1-2-3-14-17-18(22)20(15-10-6-4-7-11-15)21(19(17)23)16-12-8-5-9-13-16;/h2*4-13,22H,2-3,14H2,1H3;/q;;+2/p-2. The first-order valence-electron chi connectivity index (χ1n) is 15.8. The van der Waals surface area contributed by atoms with Crippen LogP contribution in [0.25, 0.3) is 22.7 Å². The van der Waals surface area contributed by atoms with Gasteiger partial charge in [-0.05, 0) is 86.0 Å². The van der Waals surface area contributed by atoms with E-state index in [9.17, 15) is 19.8 Å². The summed E-state index contributed by atoms with van der Waals surface area (Å²) in [4.78, 5) is 25.7. The van der Waals surface area contributed by atoms with Crippen LogP contribution < -0.4 is 21.3 Å². The molecule has 2 aromatic heterocycles. The summed E-state index contributed by atoms with van der Waals surface area (Å²) in [6.07, 6.45) is 4.58. The van der Waals surface area contributed by atoms with Gasteiger partial charge in [0.05, 0.1) is 22.7 Å². The number of unbranched alkanes of at least 4 members (excludes halogenated alkanes) is 2. The Hall–Kier alpha value is -4.24. The van der Waals surface area contributed by atoms with Gasteiger partial charge in [0.15, 0.2) is 0 Å². The summed E-state index contributed by atoms with van der Waals surface area (Å²) in [5.41, 5.74) is 3.06. The van der Waals surface area contributed by atoms with Crippen LogP contribution in [-0.4, -0.2) is 56.5 Å². The van der Waals surface area contributed by atoms with E-state index in [4.69, 9.17) is 0 Å². The summed E-state index contributed by atoms with van der Waals surface area (Å²) in [5.74, 6) is -0.447. The smallest absolute Gasteiger partial charge is 0.858 e. The third-order valence-electron chi connectivity index (χ3n) is 7.77. The third-order valence-corrected chi connectivity index (χ3v) is 7.77. The maximum atomic E-state index is 12.8. The first-order valence-corrected chi connectivity index (χ1v) is 15.8. The number of hydrogen-bond acceptors (Lipinski definition) is 4. The van der Waals surface area contributed by atoms with Crippen molar-refractivity contribution in [3.05, 3.63) is 153 Å². The first-order chi connectivity index (χ1) is 22.5. The van der Waals surface area contributed by atoms with Crippen LogP contribution in [0, 0.1) is 0 Å². The van der Waals surface area contributed by atoms with Crippen LogP contribution >= 0.6 is 0 Å². The van der Waals surface area contributed by atoms with Crippen LogP contribution in [0.15, 0.2) is 131 Å². The van der Waals surface area contributed by atoms with E-state index in [0.717, 1.165) is 25.7 Å². The molecule has 236 valence electrons. The van der Waals surface area contributed by atoms with Gasteiger partial charge in [0, 0.05) is 11.1 Å². The van der Waals surface area contributed by atoms with Gasteiger partial charge in [0.2, 0.25) is 0 Å². The molecule has 0 spiro atoms. The molecule has 0 aliphatic rings. The number of nitrogens with zero attached hydrogens (tertiary/aromatic N) is 4. The normalized spacial score (nSPS) is 10.6. The fraction of sp³-hybridized carbons (Fsp3) is 0.211. The zero-order valence-electron chi connectivity index (χ0n) is 26.9. The predicted octanol–water partition coefficient (Wildman–Crippen LogP) is 5.71. The van der Waals surface area contributed by atoms with Crippen molar-refractivity contribution in [3.8, 4) is 34.5 Å². The summed E-state index contributed by atoms with van der Waals surface area (Å²) < 4.78 is 5.90. The molecular weight excluding hydrogens is 617 g/mol. The van der Waals surface area contributed by atoms with Crippen molar-refractivity contribution in [3.63, 3.8) is 0 Å². The van der Waals surface area contributed by atoms with Crippen molar-refractivity contribution in [2.45, 2.75) is 52.4 Å². The summed E-state index contributed by atoms with van der Waals surface area (Å²) in [5, 5.41) is 25.7. The molecule has 0 radical (unpaired) electrons. The fourth-order valence-corrected chi connectivity index (χ4v) is 5.40. The van der Waals surface area contributed by atoms with E-state index in [1.165, 1.54) is 18.7 Å². The molecule has 9 heteroatoms. The Balaban J connectivity index is 0.000000208. The summed E-state index contributed by atoms with van der Waals surface area (Å²) in [7, 11) is 0. The van der Waals surface area contributed by atoms with Crippen LogP contribution in [-0.2, 0) is 12.8 Å². The van der Waals surface area contributed by atoms with Gasteiger partial charge in [0.25, 0.3) is 11.1 Å². The second kappa shape index (κ2) is 17.1. The first kappa shape index (κ1) is 35.6. The SMILES string of the molecule is CCCCc1c([O-])n(-c2ccccc2)n(-c2ccccc2)c1=O.CCCCc1c([O-])n(-c2ccccc2)n(-c2ccccc2)c1=O.[Ca+2]. The Morgan fingerprint density at radius 1 is 0.447 bits per heavy atom. The molecule has 0 unspecified atom stereocenters. The van der Waals surface area contributed by atoms with Crippen molar-refractivity contribution >= 4 is 37.7 Å². The number of hydrogen-bond donors (Lipinski definition) is 0. The second-order valence-electron chi connectivity index (χ2n) is 11.0. The van der Waals surface area contributed by atoms with E-state index in [-0.39, 0.29) is 60.6 Å². The average molecular weight is 655 g/mol. The van der Waals surface area contributed by atoms with Gasteiger partial charge >= 0.3 is 37.7 Å². The molecule has 0 aliphatic carbocycles. The molecule has 6 aromatic rings. The molecule has 2 heterocycles. The van der Waals surface area contributed by atoms with E-state index in [2.05, 4.69) is 0 Å². The Bertz CT molecular complexity index is 1820. The molecule has 0 saturated heterocycles. The Morgan fingerprint density at radius 2 is 0.702 bits per heavy atom. The average Bonchev–Trinajstić information content (AvgIpc) is 3.51. The molecule has 0 fully saturated rings. The molecule has 8 nitrogen and oxygen atoms in total. The Labute approximate surface area is 304 Å². The molecule has 0 bridgehead atoms. The molecule has 0 N–H and O–H groups in total. The number of aromatic nitrogens is 4. The maximum absolute atomic E-state index is 12.8. The van der Waals surface area contributed by atoms with E-state index in [0.29, 0.717) is 46.7 Å². The van der Waals surface area contributed by atoms with Crippen molar-refractivity contribution in [1.82, 2.24) is 18.7 Å². The minimum absolute atomic E-state index is 0. The summed E-state index contributed by atoms with van der Waals surface area (Å²) >= 11 is 0. The number of para-hydroxylation sites is 4. The summed E-state index contributed by atoms with van der Waals surface area (Å²) in [6.45, 7) is 4.10. The molecule has 47 heavy (non-hydrogen) atoms. The van der Waals surface area contributed by atoms with Crippen molar-refractivity contribution in [2.75, 3.05) is 0 Å². The molecular formula is C38H38CaN4O4. The predicted molar refractivity (Wildman–Crippen MR) is 185 cm³/mol. The molecule has 4 aromatic carbocycles. The minimum Gasteiger partial charge on any atom is -0.858 e. The molecule has 0 atom stereocenters. The van der Waals surface area contributed by atoms with Crippen molar-refractivity contribution in [2.24, 2.45) is 0 Å². The van der Waals surface area contributed by atoms with Gasteiger partial charge in [-0.25, -0.2) is 9.36 Å². The Kier molecular flexibility index (Phi) is 12.9. The molecule has 0 aliphatic heterocycles. The zero-order valence-corrected chi connectivity index (χ0v) is 29.1. The van der Waals surface area contributed by atoms with Gasteiger partial charge in [-0.15, -0.1) is 0 Å². The van der Waals surface area contributed by atoms with Gasteiger partial charge in [-0.3, -0.25) is 19.0 Å². The minimum atomic E-state index is -0.224. The van der Waals surface area contributed by atoms with Gasteiger partial charge in [0.1, 0.15) is 0 Å². The largest absolute Gasteiger partial charge is 2.00 e. The summed E-state index contributed by atoms with van der Waals surface area (Å²) in [6, 6.07) is 37.1. The molecule has 0 amide bonds. The zero-order chi connectivity index (χ0) is 32.5. The van der Waals surface area contributed by atoms with Gasteiger partial charge in [-0.1, -0.05) is 99.5 Å². The van der Waals surface area contributed by atoms with Crippen LogP contribution in [0.3, 0.4) is 0 Å². The van der Waals surface area contributed by atoms with Gasteiger partial charge < -0.3 is 10.2 Å². The molecule has 0 saturated carbocycles. The number of rotatable bonds is 10. The van der Waals surface area contributed by atoms with E-state index in [1.54, 1.807) is 0 Å². The molecule has 6 rings (SSSR count). The monoisotopic (exact) mass is 654 g/mol. The second-order valence-corrected chi connectivity index (χ2v) is 11.0. The van der Waals surface area contributed by atoms with Crippen LogP contribution in [0.1, 0.15) is 50.7 Å². The topological polar surface area (TPSA) is 100.0 Å². The Morgan fingerprint density at radius 3 is 0.957 bits per heavy atom. The third kappa shape index (κ3) is 7.84. The van der Waals surface area contributed by atoms with E-state index in [1.807, 2.05) is 135 Å². The van der Waals surface area contributed by atoms with Crippen LogP contribution in [0.2, 0.25) is 0 Å². The van der Waals surface area contributed by atoms with Crippen LogP contribution in [0.4, 0.5) is 0 Å². The fourth-order valence-electron chi connectivity index (χ4n) is 5.40. The maximum Gasteiger partial charge on any atom is 2.00 e. The van der Waals surface area contributed by atoms with E-state index >= 15 is 0 Å². The number of benzene rings is 4. The van der Waals surface area contributed by atoms with Crippen molar-refractivity contribution in [1.29, 1.82) is 0 Å². The van der Waals surface area contributed by atoms with Gasteiger partial charge in [-0.2, -0.15) is 0 Å². The van der Waals surface area contributed by atoms with Crippen molar-refractivity contribution < 1.29 is 10.2 Å². The van der Waals surface area contributed by atoms with Crippen LogP contribution in [0.5, 0.6) is 11.8 Å².